The molecule has 1 aliphatic heterocycles. The van der Waals surface area contributed by atoms with Crippen LogP contribution in [0.1, 0.15) is 47.6 Å². The van der Waals surface area contributed by atoms with Crippen molar-refractivity contribution in [2.75, 3.05) is 11.9 Å². The first-order chi connectivity index (χ1) is 15.0. The fourth-order valence-electron chi connectivity index (χ4n) is 4.27. The van der Waals surface area contributed by atoms with Crippen molar-refractivity contribution in [1.82, 2.24) is 4.90 Å². The molecule has 3 aromatic rings. The largest absolute Gasteiger partial charge is 0.324 e. The summed E-state index contributed by atoms with van der Waals surface area (Å²) in [6.45, 7) is 3.87. The van der Waals surface area contributed by atoms with Crippen molar-refractivity contribution in [2.45, 2.75) is 32.2 Å². The van der Waals surface area contributed by atoms with Gasteiger partial charge in [0.2, 0.25) is 11.8 Å². The van der Waals surface area contributed by atoms with Gasteiger partial charge in [-0.3, -0.25) is 9.59 Å². The van der Waals surface area contributed by atoms with Crippen LogP contribution in [0.5, 0.6) is 0 Å². The zero-order valence-electron chi connectivity index (χ0n) is 17.6. The first-order valence-corrected chi connectivity index (χ1v) is 10.5. The second kappa shape index (κ2) is 8.72. The van der Waals surface area contributed by atoms with Gasteiger partial charge in [0.1, 0.15) is 12.4 Å². The molecule has 4 nitrogen and oxygen atoms in total. The molecule has 2 atom stereocenters. The van der Waals surface area contributed by atoms with Crippen molar-refractivity contribution in [3.63, 3.8) is 0 Å². The summed E-state index contributed by atoms with van der Waals surface area (Å²) in [5, 5.41) is 2.94. The van der Waals surface area contributed by atoms with E-state index in [9.17, 15) is 14.0 Å². The summed E-state index contributed by atoms with van der Waals surface area (Å²) in [6, 6.07) is 21.1. The predicted molar refractivity (Wildman–Crippen MR) is 119 cm³/mol. The molecule has 0 aliphatic carbocycles. The van der Waals surface area contributed by atoms with Crippen LogP contribution in [-0.4, -0.2) is 23.3 Å². The summed E-state index contributed by atoms with van der Waals surface area (Å²) in [6.07, 6.45) is 0.609. The molecule has 158 valence electrons. The number of carbonyl (C=O) groups is 2. The minimum absolute atomic E-state index is 0.0715. The lowest BCUT2D eigenvalue weighted by molar-refractivity contribution is -0.137. The SMILES string of the molecule is CC[C@@H](C(=O)N1CC(=O)Nc2ccc(C)cc2[C@@H]1c1ccc(F)cc1)c1ccccc1. The fourth-order valence-corrected chi connectivity index (χ4v) is 4.27. The fraction of sp³-hybridized carbons (Fsp3) is 0.231. The van der Waals surface area contributed by atoms with E-state index in [1.807, 2.05) is 62.4 Å². The van der Waals surface area contributed by atoms with Crippen LogP contribution in [0.2, 0.25) is 0 Å². The number of fused-ring (bicyclic) bond motifs is 1. The molecule has 4 rings (SSSR count). The van der Waals surface area contributed by atoms with Crippen LogP contribution in [0.15, 0.2) is 72.8 Å². The normalized spacial score (nSPS) is 16.8. The van der Waals surface area contributed by atoms with Gasteiger partial charge in [0.25, 0.3) is 0 Å². The van der Waals surface area contributed by atoms with Crippen molar-refractivity contribution in [3.8, 4) is 0 Å². The van der Waals surface area contributed by atoms with Crippen molar-refractivity contribution in [1.29, 1.82) is 0 Å². The molecule has 0 spiro atoms. The second-order valence-corrected chi connectivity index (χ2v) is 7.93. The van der Waals surface area contributed by atoms with Gasteiger partial charge < -0.3 is 10.2 Å². The first kappa shape index (κ1) is 20.8. The van der Waals surface area contributed by atoms with Crippen LogP contribution in [0, 0.1) is 12.7 Å². The van der Waals surface area contributed by atoms with Gasteiger partial charge in [0, 0.05) is 11.3 Å². The Morgan fingerprint density at radius 1 is 1.10 bits per heavy atom. The van der Waals surface area contributed by atoms with E-state index in [1.165, 1.54) is 12.1 Å². The van der Waals surface area contributed by atoms with Crippen molar-refractivity contribution < 1.29 is 14.0 Å². The molecular weight excluding hydrogens is 391 g/mol. The Morgan fingerprint density at radius 2 is 1.81 bits per heavy atom. The number of rotatable bonds is 4. The van der Waals surface area contributed by atoms with Crippen molar-refractivity contribution in [2.24, 2.45) is 0 Å². The number of aryl methyl sites for hydroxylation is 1. The number of halogens is 1. The van der Waals surface area contributed by atoms with Gasteiger partial charge >= 0.3 is 0 Å². The maximum Gasteiger partial charge on any atom is 0.244 e. The summed E-state index contributed by atoms with van der Waals surface area (Å²) < 4.78 is 13.7. The van der Waals surface area contributed by atoms with Gasteiger partial charge in [-0.2, -0.15) is 0 Å². The van der Waals surface area contributed by atoms with E-state index in [-0.39, 0.29) is 30.1 Å². The second-order valence-electron chi connectivity index (χ2n) is 7.93. The van der Waals surface area contributed by atoms with E-state index in [2.05, 4.69) is 5.32 Å². The van der Waals surface area contributed by atoms with Crippen LogP contribution >= 0.6 is 0 Å². The Hall–Kier alpha value is -3.47. The summed E-state index contributed by atoms with van der Waals surface area (Å²) in [4.78, 5) is 28.2. The van der Waals surface area contributed by atoms with Crippen LogP contribution in [0.25, 0.3) is 0 Å². The number of anilines is 1. The third-order valence-corrected chi connectivity index (χ3v) is 5.78. The minimum Gasteiger partial charge on any atom is -0.324 e. The first-order valence-electron chi connectivity index (χ1n) is 10.5. The molecule has 1 N–H and O–H groups in total. The highest BCUT2D eigenvalue weighted by Gasteiger charge is 2.36. The van der Waals surface area contributed by atoms with Gasteiger partial charge in [0.05, 0.1) is 12.0 Å². The Balaban J connectivity index is 1.86. The summed E-state index contributed by atoms with van der Waals surface area (Å²) in [7, 11) is 0. The molecule has 0 saturated carbocycles. The van der Waals surface area contributed by atoms with Crippen molar-refractivity contribution >= 4 is 17.5 Å². The van der Waals surface area contributed by atoms with Gasteiger partial charge in [-0.1, -0.05) is 67.1 Å². The maximum absolute atomic E-state index is 13.8. The van der Waals surface area contributed by atoms with E-state index in [0.717, 1.165) is 22.3 Å². The molecule has 0 bridgehead atoms. The number of hydrogen-bond donors (Lipinski definition) is 1. The van der Waals surface area contributed by atoms with Crippen LogP contribution < -0.4 is 5.32 Å². The molecule has 0 radical (unpaired) electrons. The van der Waals surface area contributed by atoms with E-state index in [4.69, 9.17) is 0 Å². The van der Waals surface area contributed by atoms with Crippen LogP contribution in [0.4, 0.5) is 10.1 Å². The Bertz CT molecular complexity index is 1100. The number of carbonyl (C=O) groups excluding carboxylic acids is 2. The molecule has 2 amide bonds. The third kappa shape index (κ3) is 4.22. The smallest absolute Gasteiger partial charge is 0.244 e. The molecule has 0 aromatic heterocycles. The zero-order chi connectivity index (χ0) is 22.0. The lowest BCUT2D eigenvalue weighted by Gasteiger charge is -2.33. The molecule has 1 heterocycles. The van der Waals surface area contributed by atoms with Gasteiger partial charge in [-0.25, -0.2) is 4.39 Å². The zero-order valence-corrected chi connectivity index (χ0v) is 17.6. The lowest BCUT2D eigenvalue weighted by atomic mass is 9.90. The number of nitrogens with one attached hydrogen (secondary N) is 1. The van der Waals surface area contributed by atoms with E-state index < -0.39 is 6.04 Å². The van der Waals surface area contributed by atoms with E-state index in [0.29, 0.717) is 12.1 Å². The average Bonchev–Trinajstić information content (AvgIpc) is 2.91. The highest BCUT2D eigenvalue weighted by Crippen LogP contribution is 2.38. The summed E-state index contributed by atoms with van der Waals surface area (Å²) in [5.74, 6) is -1.08. The number of hydrogen-bond acceptors (Lipinski definition) is 2. The number of amides is 2. The Kier molecular flexibility index (Phi) is 5.85. The molecule has 31 heavy (non-hydrogen) atoms. The molecule has 0 unspecified atom stereocenters. The van der Waals surface area contributed by atoms with Crippen molar-refractivity contribution in [3.05, 3.63) is 101 Å². The Labute approximate surface area is 181 Å². The topological polar surface area (TPSA) is 49.4 Å². The summed E-state index contributed by atoms with van der Waals surface area (Å²) in [5.41, 5.74) is 4.20. The van der Waals surface area contributed by atoms with Crippen LogP contribution in [0.3, 0.4) is 0 Å². The summed E-state index contributed by atoms with van der Waals surface area (Å²) >= 11 is 0. The quantitative estimate of drug-likeness (QED) is 0.636. The number of nitrogens with zero attached hydrogens (tertiary/aromatic N) is 1. The van der Waals surface area contributed by atoms with Gasteiger partial charge in [-0.05, 0) is 42.7 Å². The minimum atomic E-state index is -0.500. The monoisotopic (exact) mass is 416 g/mol. The molecule has 0 saturated heterocycles. The Morgan fingerprint density at radius 3 is 2.48 bits per heavy atom. The highest BCUT2D eigenvalue weighted by molar-refractivity contribution is 5.98. The third-order valence-electron chi connectivity index (χ3n) is 5.78. The maximum atomic E-state index is 13.8. The van der Waals surface area contributed by atoms with Crippen LogP contribution in [-0.2, 0) is 9.59 Å². The molecule has 5 heteroatoms. The standard InChI is InChI=1S/C26H25FN2O2/c1-3-21(18-7-5-4-6-8-18)26(31)29-16-24(30)28-23-14-9-17(2)15-22(23)25(29)19-10-12-20(27)13-11-19/h4-15,21,25H,3,16H2,1-2H3,(H,28,30)/t21-,25+/m1/s1. The highest BCUT2D eigenvalue weighted by atomic mass is 19.1. The molecule has 3 aromatic carbocycles. The van der Waals surface area contributed by atoms with E-state index in [1.54, 1.807) is 17.0 Å². The predicted octanol–water partition coefficient (Wildman–Crippen LogP) is 5.20. The molecule has 0 fully saturated rings. The molecule has 1 aliphatic rings. The van der Waals surface area contributed by atoms with E-state index >= 15 is 0 Å². The van der Waals surface area contributed by atoms with Gasteiger partial charge in [-0.15, -0.1) is 0 Å². The number of benzene rings is 3. The van der Waals surface area contributed by atoms with Gasteiger partial charge in [0.15, 0.2) is 0 Å². The lowest BCUT2D eigenvalue weighted by Crippen LogP contribution is -2.41. The average molecular weight is 416 g/mol. The molecular formula is C26H25FN2O2.